The van der Waals surface area contributed by atoms with Crippen LogP contribution >= 0.6 is 11.6 Å². The Kier molecular flexibility index (Phi) is 3.45. The first-order chi connectivity index (χ1) is 9.28. The molecule has 3 heteroatoms. The molecule has 1 N–H and O–H groups in total. The van der Waals surface area contributed by atoms with Gasteiger partial charge < -0.3 is 10.2 Å². The van der Waals surface area contributed by atoms with Crippen molar-refractivity contribution in [2.75, 3.05) is 11.9 Å². The first kappa shape index (κ1) is 12.5. The number of nitrogens with one attached hydrogen (secondary N) is 1. The average molecular weight is 273 g/mol. The van der Waals surface area contributed by atoms with E-state index >= 15 is 0 Å². The van der Waals surface area contributed by atoms with E-state index < -0.39 is 0 Å². The topological polar surface area (TPSA) is 15.3 Å². The van der Waals surface area contributed by atoms with Crippen LogP contribution < -0.4 is 10.2 Å². The highest BCUT2D eigenvalue weighted by atomic mass is 35.5. The zero-order chi connectivity index (χ0) is 13.2. The average Bonchev–Trinajstić information content (AvgIpc) is 2.82. The molecule has 0 unspecified atom stereocenters. The first-order valence-corrected chi connectivity index (χ1v) is 6.90. The Morgan fingerprint density at radius 2 is 1.79 bits per heavy atom. The van der Waals surface area contributed by atoms with Gasteiger partial charge >= 0.3 is 0 Å². The minimum Gasteiger partial charge on any atom is -0.362 e. The largest absolute Gasteiger partial charge is 0.362 e. The molecule has 1 aliphatic rings. The van der Waals surface area contributed by atoms with Gasteiger partial charge in [0.15, 0.2) is 0 Å². The van der Waals surface area contributed by atoms with Gasteiger partial charge in [0.2, 0.25) is 0 Å². The van der Waals surface area contributed by atoms with Crippen molar-refractivity contribution < 1.29 is 0 Å². The van der Waals surface area contributed by atoms with Crippen molar-refractivity contribution in [2.45, 2.75) is 19.6 Å². The van der Waals surface area contributed by atoms with Crippen LogP contribution in [0.3, 0.4) is 0 Å². The van der Waals surface area contributed by atoms with Crippen molar-refractivity contribution in [1.29, 1.82) is 0 Å². The molecular formula is C16H17ClN2. The van der Waals surface area contributed by atoms with Gasteiger partial charge in [-0.3, -0.25) is 0 Å². The summed E-state index contributed by atoms with van der Waals surface area (Å²) >= 11 is 6.42. The van der Waals surface area contributed by atoms with E-state index in [9.17, 15) is 0 Å². The molecule has 0 atom stereocenters. The fourth-order valence-corrected chi connectivity index (χ4v) is 2.95. The summed E-state index contributed by atoms with van der Waals surface area (Å²) in [5.41, 5.74) is 5.14. The van der Waals surface area contributed by atoms with Gasteiger partial charge in [-0.25, -0.2) is 0 Å². The second kappa shape index (κ2) is 5.24. The lowest BCUT2D eigenvalue weighted by atomic mass is 10.1. The fourth-order valence-electron chi connectivity index (χ4n) is 2.62. The molecule has 0 fully saturated rings. The number of hydrogen-bond acceptors (Lipinski definition) is 2. The van der Waals surface area contributed by atoms with Crippen LogP contribution in [-0.2, 0) is 19.6 Å². The van der Waals surface area contributed by atoms with Crippen LogP contribution in [0.2, 0.25) is 5.02 Å². The molecule has 0 bridgehead atoms. The van der Waals surface area contributed by atoms with Gasteiger partial charge in [0.05, 0.1) is 10.7 Å². The molecule has 0 aromatic heterocycles. The second-order valence-corrected chi connectivity index (χ2v) is 5.35. The molecule has 0 spiro atoms. The number of benzene rings is 2. The van der Waals surface area contributed by atoms with E-state index in [0.717, 1.165) is 30.3 Å². The number of hydrogen-bond donors (Lipinski definition) is 1. The maximum absolute atomic E-state index is 6.42. The van der Waals surface area contributed by atoms with Crippen LogP contribution in [0.25, 0.3) is 0 Å². The summed E-state index contributed by atoms with van der Waals surface area (Å²) in [6.07, 6.45) is 0. The summed E-state index contributed by atoms with van der Waals surface area (Å²) in [7, 11) is 1.94. The third-order valence-electron chi connectivity index (χ3n) is 3.57. The van der Waals surface area contributed by atoms with E-state index in [-0.39, 0.29) is 0 Å². The van der Waals surface area contributed by atoms with Crippen molar-refractivity contribution in [3.63, 3.8) is 0 Å². The molecule has 0 radical (unpaired) electrons. The van der Waals surface area contributed by atoms with E-state index in [4.69, 9.17) is 11.6 Å². The predicted molar refractivity (Wildman–Crippen MR) is 80.5 cm³/mol. The molecule has 0 saturated carbocycles. The van der Waals surface area contributed by atoms with Crippen LogP contribution in [0, 0.1) is 0 Å². The zero-order valence-corrected chi connectivity index (χ0v) is 11.7. The van der Waals surface area contributed by atoms with Crippen LogP contribution in [-0.4, -0.2) is 7.05 Å². The summed E-state index contributed by atoms with van der Waals surface area (Å²) in [6, 6.07) is 14.9. The lowest BCUT2D eigenvalue weighted by Gasteiger charge is -2.19. The monoisotopic (exact) mass is 272 g/mol. The maximum atomic E-state index is 6.42. The Bertz CT molecular complexity index is 570. The van der Waals surface area contributed by atoms with Crippen LogP contribution in [0.1, 0.15) is 16.7 Å². The molecule has 1 aliphatic heterocycles. The number of nitrogens with zero attached hydrogens (tertiary/aromatic N) is 1. The molecule has 2 nitrogen and oxygen atoms in total. The lowest BCUT2D eigenvalue weighted by Crippen LogP contribution is -2.15. The quantitative estimate of drug-likeness (QED) is 0.919. The standard InChI is InChI=1S/C16H17ClN2/c1-18-9-12-6-7-16(15(17)8-12)19-10-13-4-2-3-5-14(13)11-19/h2-8,18H,9-11H2,1H3. The van der Waals surface area contributed by atoms with Gasteiger partial charge in [0.25, 0.3) is 0 Å². The van der Waals surface area contributed by atoms with Gasteiger partial charge in [-0.2, -0.15) is 0 Å². The van der Waals surface area contributed by atoms with Crippen LogP contribution in [0.4, 0.5) is 5.69 Å². The SMILES string of the molecule is CNCc1ccc(N2Cc3ccccc3C2)c(Cl)c1. The molecule has 1 heterocycles. The van der Waals surface area contributed by atoms with E-state index in [0.29, 0.717) is 0 Å². The van der Waals surface area contributed by atoms with E-state index in [2.05, 4.69) is 52.7 Å². The number of halogens is 1. The smallest absolute Gasteiger partial charge is 0.0643 e. The molecule has 2 aromatic rings. The van der Waals surface area contributed by atoms with Crippen molar-refractivity contribution in [3.05, 3.63) is 64.2 Å². The highest BCUT2D eigenvalue weighted by Crippen LogP contribution is 2.33. The molecule has 98 valence electrons. The number of anilines is 1. The van der Waals surface area contributed by atoms with Gasteiger partial charge in [-0.15, -0.1) is 0 Å². The summed E-state index contributed by atoms with van der Waals surface area (Å²) < 4.78 is 0. The highest BCUT2D eigenvalue weighted by molar-refractivity contribution is 6.33. The van der Waals surface area contributed by atoms with Gasteiger partial charge in [-0.1, -0.05) is 41.9 Å². The third kappa shape index (κ3) is 2.46. The zero-order valence-electron chi connectivity index (χ0n) is 11.0. The van der Waals surface area contributed by atoms with Crippen molar-refractivity contribution in [3.8, 4) is 0 Å². The number of fused-ring (bicyclic) bond motifs is 1. The van der Waals surface area contributed by atoms with Gasteiger partial charge in [0.1, 0.15) is 0 Å². The lowest BCUT2D eigenvalue weighted by molar-refractivity contribution is 0.816. The minimum atomic E-state index is 0.834. The molecular weight excluding hydrogens is 256 g/mol. The van der Waals surface area contributed by atoms with Crippen molar-refractivity contribution >= 4 is 17.3 Å². The molecule has 0 amide bonds. The Labute approximate surface area is 119 Å². The Morgan fingerprint density at radius 3 is 2.37 bits per heavy atom. The maximum Gasteiger partial charge on any atom is 0.0643 e. The Balaban J connectivity index is 1.85. The van der Waals surface area contributed by atoms with E-state index in [1.807, 2.05) is 7.05 Å². The predicted octanol–water partition coefficient (Wildman–Crippen LogP) is 3.58. The summed E-state index contributed by atoms with van der Waals surface area (Å²) in [5.74, 6) is 0. The molecule has 19 heavy (non-hydrogen) atoms. The van der Waals surface area contributed by atoms with Gasteiger partial charge in [-0.05, 0) is 35.9 Å². The van der Waals surface area contributed by atoms with Crippen molar-refractivity contribution in [1.82, 2.24) is 5.32 Å². The normalized spacial score (nSPS) is 13.7. The van der Waals surface area contributed by atoms with E-state index in [1.54, 1.807) is 0 Å². The summed E-state index contributed by atoms with van der Waals surface area (Å²) in [6.45, 7) is 2.74. The van der Waals surface area contributed by atoms with Crippen LogP contribution in [0.15, 0.2) is 42.5 Å². The second-order valence-electron chi connectivity index (χ2n) is 4.94. The number of rotatable bonds is 3. The fraction of sp³-hybridized carbons (Fsp3) is 0.250. The van der Waals surface area contributed by atoms with Gasteiger partial charge in [0, 0.05) is 19.6 Å². The minimum absolute atomic E-state index is 0.834. The molecule has 0 aliphatic carbocycles. The molecule has 3 rings (SSSR count). The Hall–Kier alpha value is -1.51. The Morgan fingerprint density at radius 1 is 1.11 bits per heavy atom. The first-order valence-electron chi connectivity index (χ1n) is 6.52. The van der Waals surface area contributed by atoms with Crippen molar-refractivity contribution in [2.24, 2.45) is 0 Å². The third-order valence-corrected chi connectivity index (χ3v) is 3.88. The summed E-state index contributed by atoms with van der Waals surface area (Å²) in [4.78, 5) is 2.33. The highest BCUT2D eigenvalue weighted by Gasteiger charge is 2.20. The molecule has 2 aromatic carbocycles. The summed E-state index contributed by atoms with van der Waals surface area (Å²) in [5, 5.41) is 3.98. The van der Waals surface area contributed by atoms with Crippen LogP contribution in [0.5, 0.6) is 0 Å². The molecule has 0 saturated heterocycles. The van der Waals surface area contributed by atoms with E-state index in [1.165, 1.54) is 16.7 Å².